The van der Waals surface area contributed by atoms with Crippen LogP contribution in [0.4, 0.5) is 4.79 Å². The van der Waals surface area contributed by atoms with Crippen LogP contribution < -0.4 is 21.3 Å². The van der Waals surface area contributed by atoms with E-state index in [4.69, 9.17) is 4.74 Å². The van der Waals surface area contributed by atoms with E-state index in [9.17, 15) is 24.0 Å². The van der Waals surface area contributed by atoms with Crippen molar-refractivity contribution in [2.75, 3.05) is 6.54 Å². The molecule has 226 valence electrons. The highest BCUT2D eigenvalue weighted by Gasteiger charge is 2.29. The number of benzene rings is 3. The van der Waals surface area contributed by atoms with Crippen LogP contribution in [0.3, 0.4) is 0 Å². The third kappa shape index (κ3) is 11.4. The molecule has 4 amide bonds. The summed E-state index contributed by atoms with van der Waals surface area (Å²) >= 11 is 0. The summed E-state index contributed by atoms with van der Waals surface area (Å²) in [6.45, 7) is 3.71. The van der Waals surface area contributed by atoms with Crippen LogP contribution in [-0.2, 0) is 32.1 Å². The van der Waals surface area contributed by atoms with Crippen molar-refractivity contribution in [1.29, 1.82) is 0 Å². The van der Waals surface area contributed by atoms with E-state index < -0.39 is 41.9 Å². The second-order valence-corrected chi connectivity index (χ2v) is 10.5. The molecule has 3 atom stereocenters. The molecule has 0 aliphatic rings. The lowest BCUT2D eigenvalue weighted by Crippen LogP contribution is -2.57. The average Bonchev–Trinajstić information content (AvgIpc) is 3.02. The molecule has 10 heteroatoms. The smallest absolute Gasteiger partial charge is 0.408 e. The lowest BCUT2D eigenvalue weighted by atomic mass is 10.0. The van der Waals surface area contributed by atoms with Gasteiger partial charge in [0.05, 0.1) is 0 Å². The van der Waals surface area contributed by atoms with Gasteiger partial charge in [-0.2, -0.15) is 0 Å². The Labute approximate surface area is 251 Å². The Kier molecular flexibility index (Phi) is 12.9. The van der Waals surface area contributed by atoms with Crippen LogP contribution in [-0.4, -0.2) is 54.8 Å². The van der Waals surface area contributed by atoms with E-state index in [1.54, 1.807) is 30.3 Å². The summed E-state index contributed by atoms with van der Waals surface area (Å²) in [5.74, 6) is -1.53. The summed E-state index contributed by atoms with van der Waals surface area (Å²) in [6.07, 6.45) is 0.196. The molecule has 0 fully saturated rings. The first-order valence-corrected chi connectivity index (χ1v) is 14.2. The fraction of sp³-hybridized carbons (Fsp3) is 0.303. The molecule has 0 aliphatic carbocycles. The fourth-order valence-electron chi connectivity index (χ4n) is 4.25. The molecule has 0 aromatic heterocycles. The molecule has 3 aromatic carbocycles. The van der Waals surface area contributed by atoms with Crippen LogP contribution in [0.5, 0.6) is 0 Å². The summed E-state index contributed by atoms with van der Waals surface area (Å²) in [6, 6.07) is 23.6. The number of amides is 4. The lowest BCUT2D eigenvalue weighted by molar-refractivity contribution is -0.131. The lowest BCUT2D eigenvalue weighted by Gasteiger charge is -2.25. The van der Waals surface area contributed by atoms with E-state index in [1.165, 1.54) is 0 Å². The van der Waals surface area contributed by atoms with Crippen molar-refractivity contribution in [2.24, 2.45) is 5.92 Å². The maximum absolute atomic E-state index is 13.4. The van der Waals surface area contributed by atoms with Crippen LogP contribution in [0.25, 0.3) is 0 Å². The number of alkyl carbamates (subject to hydrolysis) is 1. The highest BCUT2D eigenvalue weighted by atomic mass is 16.5. The average molecular weight is 587 g/mol. The van der Waals surface area contributed by atoms with E-state index in [0.29, 0.717) is 18.3 Å². The molecular formula is C33H38N4O6. The van der Waals surface area contributed by atoms with Gasteiger partial charge in [-0.1, -0.05) is 92.7 Å². The molecule has 0 saturated heterocycles. The van der Waals surface area contributed by atoms with Gasteiger partial charge in [0.1, 0.15) is 31.0 Å². The standard InChI is InChI=1S/C33H38N4O6/c1-23(2)18-28(37-33(42)43-22-25-14-8-4-9-15-25)32(41)36-29(19-24-12-6-3-7-13-24)31(40)35-27(21-38)20-34-30(39)26-16-10-5-11-17-26/h3-17,21,23,27-29H,18-20,22H2,1-2H3,(H,34,39)(H,35,40)(H,36,41)(H,37,42). The van der Waals surface area contributed by atoms with Gasteiger partial charge < -0.3 is 30.8 Å². The van der Waals surface area contributed by atoms with Crippen LogP contribution in [0.2, 0.25) is 0 Å². The van der Waals surface area contributed by atoms with Crippen LogP contribution in [0.1, 0.15) is 41.8 Å². The Morgan fingerprint density at radius 2 is 1.28 bits per heavy atom. The monoisotopic (exact) mass is 586 g/mol. The molecule has 4 N–H and O–H groups in total. The Bertz CT molecular complexity index is 1340. The second kappa shape index (κ2) is 17.1. The zero-order valence-corrected chi connectivity index (χ0v) is 24.3. The van der Waals surface area contributed by atoms with Gasteiger partial charge in [0.15, 0.2) is 0 Å². The summed E-state index contributed by atoms with van der Waals surface area (Å²) in [7, 11) is 0. The third-order valence-electron chi connectivity index (χ3n) is 6.45. The zero-order chi connectivity index (χ0) is 31.0. The number of ether oxygens (including phenoxy) is 1. The number of rotatable bonds is 15. The summed E-state index contributed by atoms with van der Waals surface area (Å²) < 4.78 is 5.30. The maximum Gasteiger partial charge on any atom is 0.408 e. The van der Waals surface area contributed by atoms with Gasteiger partial charge in [0.25, 0.3) is 5.91 Å². The first-order chi connectivity index (χ1) is 20.7. The highest BCUT2D eigenvalue weighted by molar-refractivity contribution is 5.95. The number of hydrogen-bond acceptors (Lipinski definition) is 6. The van der Waals surface area contributed by atoms with E-state index in [-0.39, 0.29) is 25.5 Å². The molecule has 3 unspecified atom stereocenters. The van der Waals surface area contributed by atoms with Crippen molar-refractivity contribution < 1.29 is 28.7 Å². The van der Waals surface area contributed by atoms with Crippen LogP contribution in [0.15, 0.2) is 91.0 Å². The molecule has 0 aliphatic heterocycles. The summed E-state index contributed by atoms with van der Waals surface area (Å²) in [5.41, 5.74) is 1.99. The molecule has 0 spiro atoms. The number of aldehydes is 1. The Balaban J connectivity index is 1.67. The molecule has 10 nitrogen and oxygen atoms in total. The van der Waals surface area contributed by atoms with Gasteiger partial charge in [-0.3, -0.25) is 14.4 Å². The fourth-order valence-corrected chi connectivity index (χ4v) is 4.25. The predicted octanol–water partition coefficient (Wildman–Crippen LogP) is 3.17. The van der Waals surface area contributed by atoms with Gasteiger partial charge in [0, 0.05) is 18.5 Å². The third-order valence-corrected chi connectivity index (χ3v) is 6.45. The van der Waals surface area contributed by atoms with Gasteiger partial charge in [-0.15, -0.1) is 0 Å². The minimum atomic E-state index is -1.07. The normalized spacial score (nSPS) is 12.7. The molecule has 3 aromatic rings. The number of nitrogens with one attached hydrogen (secondary N) is 4. The van der Waals surface area contributed by atoms with Crippen molar-refractivity contribution in [2.45, 2.75) is 51.4 Å². The topological polar surface area (TPSA) is 143 Å². The molecule has 0 saturated carbocycles. The number of hydrogen-bond donors (Lipinski definition) is 4. The first kappa shape index (κ1) is 32.5. The van der Waals surface area contributed by atoms with E-state index in [0.717, 1.165) is 11.1 Å². The van der Waals surface area contributed by atoms with E-state index in [1.807, 2.05) is 74.5 Å². The van der Waals surface area contributed by atoms with Crippen molar-refractivity contribution in [1.82, 2.24) is 21.3 Å². The molecule has 3 rings (SSSR count). The zero-order valence-electron chi connectivity index (χ0n) is 24.3. The van der Waals surface area contributed by atoms with Crippen molar-refractivity contribution in [3.63, 3.8) is 0 Å². The summed E-state index contributed by atoms with van der Waals surface area (Å²) in [4.78, 5) is 63.6. The predicted molar refractivity (Wildman–Crippen MR) is 162 cm³/mol. The molecule has 0 bridgehead atoms. The Morgan fingerprint density at radius 1 is 0.721 bits per heavy atom. The van der Waals surface area contributed by atoms with Gasteiger partial charge >= 0.3 is 6.09 Å². The molecule has 0 heterocycles. The van der Waals surface area contributed by atoms with Crippen LogP contribution >= 0.6 is 0 Å². The quantitative estimate of drug-likeness (QED) is 0.202. The number of carbonyl (C=O) groups excluding carboxylic acids is 5. The summed E-state index contributed by atoms with van der Waals surface area (Å²) in [5, 5.41) is 10.6. The minimum Gasteiger partial charge on any atom is -0.445 e. The van der Waals surface area contributed by atoms with E-state index in [2.05, 4.69) is 21.3 Å². The van der Waals surface area contributed by atoms with Crippen molar-refractivity contribution in [3.05, 3.63) is 108 Å². The highest BCUT2D eigenvalue weighted by Crippen LogP contribution is 2.09. The largest absolute Gasteiger partial charge is 0.445 e. The second-order valence-electron chi connectivity index (χ2n) is 10.5. The van der Waals surface area contributed by atoms with Crippen LogP contribution in [0, 0.1) is 5.92 Å². The van der Waals surface area contributed by atoms with Gasteiger partial charge in [0.2, 0.25) is 11.8 Å². The van der Waals surface area contributed by atoms with Gasteiger partial charge in [-0.25, -0.2) is 4.79 Å². The Morgan fingerprint density at radius 3 is 1.86 bits per heavy atom. The molecule has 0 radical (unpaired) electrons. The van der Waals surface area contributed by atoms with Crippen molar-refractivity contribution >= 4 is 30.1 Å². The van der Waals surface area contributed by atoms with E-state index >= 15 is 0 Å². The number of carbonyl (C=O) groups is 5. The SMILES string of the molecule is CC(C)CC(NC(=O)OCc1ccccc1)C(=O)NC(Cc1ccccc1)C(=O)NC(C=O)CNC(=O)c1ccccc1. The first-order valence-electron chi connectivity index (χ1n) is 14.2. The maximum atomic E-state index is 13.4. The molecular weight excluding hydrogens is 548 g/mol. The van der Waals surface area contributed by atoms with Gasteiger partial charge in [-0.05, 0) is 35.6 Å². The Hall–Kier alpha value is -4.99. The van der Waals surface area contributed by atoms with Crippen molar-refractivity contribution in [3.8, 4) is 0 Å². The minimum absolute atomic E-state index is 0.0373. The molecule has 43 heavy (non-hydrogen) atoms.